The van der Waals surface area contributed by atoms with Crippen molar-refractivity contribution in [3.63, 3.8) is 0 Å². The molecule has 4 rings (SSSR count). The third kappa shape index (κ3) is 6.55. The Bertz CT molecular complexity index is 1580. The van der Waals surface area contributed by atoms with Gasteiger partial charge in [0.1, 0.15) is 10.9 Å². The van der Waals surface area contributed by atoms with Gasteiger partial charge in [0, 0.05) is 29.8 Å². The molecule has 0 bridgehead atoms. The second-order valence-corrected chi connectivity index (χ2v) is 9.70. The van der Waals surface area contributed by atoms with Crippen LogP contribution >= 0.6 is 11.8 Å². The van der Waals surface area contributed by atoms with Crippen molar-refractivity contribution in [1.82, 2.24) is 9.36 Å². The largest absolute Gasteiger partial charge is 0.478 e. The third-order valence-corrected chi connectivity index (χ3v) is 7.16. The van der Waals surface area contributed by atoms with Crippen molar-refractivity contribution in [2.45, 2.75) is 17.1 Å². The normalized spacial score (nSPS) is 11.7. The van der Waals surface area contributed by atoms with Gasteiger partial charge in [-0.2, -0.15) is 0 Å². The second-order valence-electron chi connectivity index (χ2n) is 8.52. The number of hydrogen-bond acceptors (Lipinski definition) is 5. The number of nitrogens with zero attached hydrogens (tertiary/aromatic N) is 2. The topological polar surface area (TPSA) is 122 Å². The van der Waals surface area contributed by atoms with Gasteiger partial charge in [-0.1, -0.05) is 48.5 Å². The quantitative estimate of drug-likeness (QED) is 0.211. The maximum Gasteiger partial charge on any atom is 0.328 e. The van der Waals surface area contributed by atoms with Crippen molar-refractivity contribution < 1.29 is 19.5 Å². The maximum absolute atomic E-state index is 13.6. The number of carbonyl (C=O) groups is 3. The zero-order chi connectivity index (χ0) is 27.9. The Balaban J connectivity index is 1.57. The molecule has 0 aliphatic heterocycles. The SMILES string of the molecule is Cc1c(NC(=O)C(Sc2ccc(NC(=O)/C=C/C(=O)O)cc2)c2ccccc2)c(=O)n(-c2ccccc2)n1C. The first-order valence-corrected chi connectivity index (χ1v) is 12.8. The van der Waals surface area contributed by atoms with Crippen molar-refractivity contribution in [2.75, 3.05) is 10.6 Å². The first kappa shape index (κ1) is 27.2. The average molecular weight is 543 g/mol. The van der Waals surface area contributed by atoms with Crippen molar-refractivity contribution in [1.29, 1.82) is 0 Å². The monoisotopic (exact) mass is 542 g/mol. The average Bonchev–Trinajstić information content (AvgIpc) is 3.15. The summed E-state index contributed by atoms with van der Waals surface area (Å²) < 4.78 is 3.21. The van der Waals surface area contributed by atoms with Crippen molar-refractivity contribution in [3.05, 3.63) is 119 Å². The Kier molecular flexibility index (Phi) is 8.47. The molecular weight excluding hydrogens is 516 g/mol. The van der Waals surface area contributed by atoms with Gasteiger partial charge >= 0.3 is 5.97 Å². The zero-order valence-electron chi connectivity index (χ0n) is 21.2. The fraction of sp³-hybridized carbons (Fsp3) is 0.103. The van der Waals surface area contributed by atoms with Gasteiger partial charge in [0.15, 0.2) is 0 Å². The fourth-order valence-electron chi connectivity index (χ4n) is 3.89. The highest BCUT2D eigenvalue weighted by atomic mass is 32.2. The van der Waals surface area contributed by atoms with Crippen LogP contribution < -0.4 is 16.2 Å². The Morgan fingerprint density at radius 2 is 1.49 bits per heavy atom. The number of nitrogens with one attached hydrogen (secondary N) is 2. The highest BCUT2D eigenvalue weighted by Gasteiger charge is 2.26. The Morgan fingerprint density at radius 1 is 0.872 bits per heavy atom. The summed E-state index contributed by atoms with van der Waals surface area (Å²) in [6.45, 7) is 1.78. The molecule has 3 aromatic carbocycles. The van der Waals surface area contributed by atoms with E-state index in [9.17, 15) is 19.2 Å². The van der Waals surface area contributed by atoms with E-state index < -0.39 is 17.1 Å². The summed E-state index contributed by atoms with van der Waals surface area (Å²) in [4.78, 5) is 50.1. The molecule has 198 valence electrons. The smallest absolute Gasteiger partial charge is 0.328 e. The summed E-state index contributed by atoms with van der Waals surface area (Å²) in [5, 5.41) is 13.4. The molecule has 0 aliphatic rings. The van der Waals surface area contributed by atoms with E-state index in [4.69, 9.17) is 5.11 Å². The van der Waals surface area contributed by atoms with E-state index in [0.29, 0.717) is 17.1 Å². The van der Waals surface area contributed by atoms with Crippen LogP contribution in [0.2, 0.25) is 0 Å². The number of rotatable bonds is 9. The lowest BCUT2D eigenvalue weighted by Gasteiger charge is -2.17. The highest BCUT2D eigenvalue weighted by Crippen LogP contribution is 2.36. The van der Waals surface area contributed by atoms with Crippen LogP contribution in [0.25, 0.3) is 5.69 Å². The molecule has 4 aromatic rings. The molecule has 0 fully saturated rings. The molecule has 2 amide bonds. The first-order valence-electron chi connectivity index (χ1n) is 11.9. The minimum Gasteiger partial charge on any atom is -0.478 e. The van der Waals surface area contributed by atoms with E-state index in [1.54, 1.807) is 42.9 Å². The van der Waals surface area contributed by atoms with E-state index in [1.165, 1.54) is 16.4 Å². The van der Waals surface area contributed by atoms with Gasteiger partial charge in [-0.15, -0.1) is 11.8 Å². The molecule has 0 saturated heterocycles. The van der Waals surface area contributed by atoms with Gasteiger partial charge in [0.2, 0.25) is 11.8 Å². The number of carboxylic acid groups (broad SMARTS) is 1. The molecule has 10 heteroatoms. The lowest BCUT2D eigenvalue weighted by atomic mass is 10.1. The van der Waals surface area contributed by atoms with Crippen molar-refractivity contribution in [2.24, 2.45) is 7.05 Å². The van der Waals surface area contributed by atoms with E-state index >= 15 is 0 Å². The Hall–Kier alpha value is -4.83. The van der Waals surface area contributed by atoms with Crippen LogP contribution in [-0.4, -0.2) is 32.3 Å². The number of amides is 2. The van der Waals surface area contributed by atoms with Crippen LogP contribution in [0.4, 0.5) is 11.4 Å². The molecule has 1 heterocycles. The number of para-hydroxylation sites is 1. The predicted molar refractivity (Wildman–Crippen MR) is 151 cm³/mol. The standard InChI is InChI=1S/C29H26N4O5S/c1-19-26(29(38)33(32(19)2)22-11-7-4-8-12-22)31-28(37)27(20-9-5-3-6-10-20)39-23-15-13-21(14-16-23)30-24(34)17-18-25(35)36/h3-18,27H,1-2H3,(H,30,34)(H,31,37)(H,35,36)/b18-17+. The first-order chi connectivity index (χ1) is 18.7. The third-order valence-electron chi connectivity index (χ3n) is 5.90. The molecule has 1 aromatic heterocycles. The molecule has 39 heavy (non-hydrogen) atoms. The minimum absolute atomic E-state index is 0.209. The lowest BCUT2D eigenvalue weighted by Crippen LogP contribution is -2.25. The molecule has 0 saturated carbocycles. The van der Waals surface area contributed by atoms with E-state index in [0.717, 1.165) is 22.6 Å². The number of aliphatic carboxylic acids is 1. The Morgan fingerprint density at radius 3 is 2.10 bits per heavy atom. The molecule has 9 nitrogen and oxygen atoms in total. The molecule has 1 unspecified atom stereocenters. The number of benzene rings is 3. The summed E-state index contributed by atoms with van der Waals surface area (Å²) in [6.07, 6.45) is 1.68. The lowest BCUT2D eigenvalue weighted by molar-refractivity contribution is -0.131. The second kappa shape index (κ2) is 12.1. The predicted octanol–water partition coefficient (Wildman–Crippen LogP) is 4.54. The molecule has 0 radical (unpaired) electrons. The minimum atomic E-state index is -1.22. The molecule has 0 aliphatic carbocycles. The summed E-state index contributed by atoms with van der Waals surface area (Å²) in [6, 6.07) is 25.3. The number of carbonyl (C=O) groups excluding carboxylic acids is 2. The summed E-state index contributed by atoms with van der Waals surface area (Å²) in [5.41, 5.74) is 2.41. The zero-order valence-corrected chi connectivity index (χ0v) is 22.0. The number of aromatic nitrogens is 2. The molecule has 1 atom stereocenters. The summed E-state index contributed by atoms with van der Waals surface area (Å²) in [7, 11) is 1.76. The van der Waals surface area contributed by atoms with E-state index in [1.807, 2.05) is 60.7 Å². The highest BCUT2D eigenvalue weighted by molar-refractivity contribution is 8.00. The van der Waals surface area contributed by atoms with Gasteiger partial charge in [0.05, 0.1) is 11.4 Å². The van der Waals surface area contributed by atoms with Gasteiger partial charge in [-0.3, -0.25) is 19.1 Å². The molecular formula is C29H26N4O5S. The Labute approximate surface area is 228 Å². The number of thioether (sulfide) groups is 1. The van der Waals surface area contributed by atoms with Gasteiger partial charge in [-0.05, 0) is 48.9 Å². The summed E-state index contributed by atoms with van der Waals surface area (Å²) in [5.74, 6) is -2.14. The van der Waals surface area contributed by atoms with Crippen LogP contribution in [0, 0.1) is 6.92 Å². The van der Waals surface area contributed by atoms with Gasteiger partial charge in [-0.25, -0.2) is 9.48 Å². The van der Waals surface area contributed by atoms with E-state index in [2.05, 4.69) is 10.6 Å². The van der Waals surface area contributed by atoms with Crippen LogP contribution in [0.3, 0.4) is 0 Å². The van der Waals surface area contributed by atoms with Crippen molar-refractivity contribution >= 4 is 40.9 Å². The summed E-state index contributed by atoms with van der Waals surface area (Å²) >= 11 is 1.30. The molecule has 3 N–H and O–H groups in total. The van der Waals surface area contributed by atoms with E-state index in [-0.39, 0.29) is 17.2 Å². The maximum atomic E-state index is 13.6. The number of anilines is 2. The molecule has 0 spiro atoms. The van der Waals surface area contributed by atoms with Crippen molar-refractivity contribution in [3.8, 4) is 5.69 Å². The van der Waals surface area contributed by atoms with Crippen LogP contribution in [0.1, 0.15) is 16.5 Å². The van der Waals surface area contributed by atoms with Crippen LogP contribution in [0.5, 0.6) is 0 Å². The number of hydrogen-bond donors (Lipinski definition) is 3. The van der Waals surface area contributed by atoms with Gasteiger partial charge in [0.25, 0.3) is 5.56 Å². The van der Waals surface area contributed by atoms with Crippen LogP contribution in [0.15, 0.2) is 107 Å². The number of carboxylic acids is 1. The fourth-order valence-corrected chi connectivity index (χ4v) is 4.91. The van der Waals surface area contributed by atoms with Crippen LogP contribution in [-0.2, 0) is 21.4 Å². The van der Waals surface area contributed by atoms with Gasteiger partial charge < -0.3 is 15.7 Å².